The Kier molecular flexibility index (Phi) is 1.18. The van der Waals surface area contributed by atoms with Gasteiger partial charge in [-0.25, -0.2) is 0 Å². The third-order valence-electron chi connectivity index (χ3n) is 0. The summed E-state index contributed by atoms with van der Waals surface area (Å²) in [4.78, 5) is 0. The van der Waals surface area contributed by atoms with E-state index in [4.69, 9.17) is 0 Å². The fraction of sp³-hybridized carbons (Fsp3) is 1.00. The molecular formula is C4H9Si. The van der Waals surface area contributed by atoms with Crippen LogP contribution >= 0.6 is 0 Å². The Morgan fingerprint density at radius 2 is 1.20 bits per heavy atom. The SMILES string of the molecule is CC(C)(C)[Si]. The fourth-order valence-corrected chi connectivity index (χ4v) is 0. The Labute approximate surface area is 37.0 Å². The second-order valence-electron chi connectivity index (χ2n) is 2.25. The van der Waals surface area contributed by atoms with Crippen LogP contribution in [-0.2, 0) is 0 Å². The maximum Gasteiger partial charge on any atom is 0.0302 e. The zero-order chi connectivity index (χ0) is 4.50. The lowest BCUT2D eigenvalue weighted by molar-refractivity contribution is 0.767. The van der Waals surface area contributed by atoms with Gasteiger partial charge in [0.25, 0.3) is 0 Å². The lowest BCUT2D eigenvalue weighted by atomic mass is 10.3. The van der Waals surface area contributed by atoms with E-state index in [1.165, 1.54) is 0 Å². The van der Waals surface area contributed by atoms with Gasteiger partial charge in [-0.1, -0.05) is 20.8 Å². The smallest absolute Gasteiger partial charge is 0.0302 e. The Hall–Kier alpha value is 0.217. The highest BCUT2D eigenvalue weighted by Crippen LogP contribution is 2.13. The summed E-state index contributed by atoms with van der Waals surface area (Å²) in [6.45, 7) is 6.30. The molecule has 0 saturated heterocycles. The molecule has 0 heterocycles. The van der Waals surface area contributed by atoms with Crippen LogP contribution in [0, 0.1) is 0 Å². The van der Waals surface area contributed by atoms with Crippen molar-refractivity contribution in [2.24, 2.45) is 0 Å². The third kappa shape index (κ3) is 441. The number of hydrogen-bond donors (Lipinski definition) is 0. The predicted molar refractivity (Wildman–Crippen MR) is 25.5 cm³/mol. The zero-order valence-corrected chi connectivity index (χ0v) is 5.00. The Bertz CT molecular complexity index is 19.1. The van der Waals surface area contributed by atoms with E-state index in [9.17, 15) is 0 Å². The predicted octanol–water partition coefficient (Wildman–Crippen LogP) is 1.37. The summed E-state index contributed by atoms with van der Waals surface area (Å²) in [5.41, 5.74) is 0. The first-order valence-electron chi connectivity index (χ1n) is 1.75. The summed E-state index contributed by atoms with van der Waals surface area (Å²) < 4.78 is 0. The summed E-state index contributed by atoms with van der Waals surface area (Å²) in [5.74, 6) is 0. The minimum absolute atomic E-state index is 0.306. The molecule has 5 heavy (non-hydrogen) atoms. The maximum atomic E-state index is 3.42. The van der Waals surface area contributed by atoms with Crippen LogP contribution in [-0.4, -0.2) is 10.2 Å². The minimum Gasteiger partial charge on any atom is -0.0633 e. The normalized spacial score (nSPS) is 12.0. The molecular weight excluding hydrogens is 76.1 g/mol. The number of rotatable bonds is 0. The molecule has 0 atom stereocenters. The quantitative estimate of drug-likeness (QED) is 0.390. The van der Waals surface area contributed by atoms with E-state index >= 15 is 0 Å². The Balaban J connectivity index is 3.02. The average Bonchev–Trinajstić information content (AvgIpc) is 0.722. The second-order valence-corrected chi connectivity index (χ2v) is 3.75. The van der Waals surface area contributed by atoms with E-state index in [2.05, 4.69) is 31.0 Å². The molecule has 0 aromatic rings. The van der Waals surface area contributed by atoms with Crippen molar-refractivity contribution in [3.63, 3.8) is 0 Å². The van der Waals surface area contributed by atoms with Gasteiger partial charge in [-0.3, -0.25) is 0 Å². The molecule has 0 aliphatic rings. The molecule has 0 aromatic carbocycles. The monoisotopic (exact) mass is 85.0 g/mol. The van der Waals surface area contributed by atoms with Gasteiger partial charge in [0.2, 0.25) is 0 Å². The van der Waals surface area contributed by atoms with Gasteiger partial charge in [0.15, 0.2) is 0 Å². The Morgan fingerprint density at radius 1 is 1.20 bits per heavy atom. The molecule has 0 bridgehead atoms. The molecule has 0 rings (SSSR count). The van der Waals surface area contributed by atoms with E-state index in [0.29, 0.717) is 5.04 Å². The molecule has 0 aromatic heterocycles. The molecule has 0 amide bonds. The largest absolute Gasteiger partial charge is 0.0633 e. The first-order valence-corrected chi connectivity index (χ1v) is 2.25. The van der Waals surface area contributed by atoms with E-state index in [1.807, 2.05) is 0 Å². The van der Waals surface area contributed by atoms with Crippen LogP contribution in [0.25, 0.3) is 0 Å². The van der Waals surface area contributed by atoms with Gasteiger partial charge in [0.05, 0.1) is 0 Å². The van der Waals surface area contributed by atoms with Crippen LogP contribution in [0.15, 0.2) is 0 Å². The molecule has 0 fully saturated rings. The van der Waals surface area contributed by atoms with Crippen LogP contribution in [0.4, 0.5) is 0 Å². The lowest BCUT2D eigenvalue weighted by Crippen LogP contribution is -1.90. The minimum atomic E-state index is 0.306. The highest BCUT2D eigenvalue weighted by Gasteiger charge is 1.96. The van der Waals surface area contributed by atoms with Crippen LogP contribution in [0.2, 0.25) is 5.04 Å². The third-order valence-corrected chi connectivity index (χ3v) is 0. The van der Waals surface area contributed by atoms with Crippen LogP contribution in [0.1, 0.15) is 20.8 Å². The van der Waals surface area contributed by atoms with Gasteiger partial charge in [-0.2, -0.15) is 0 Å². The molecule has 0 aliphatic heterocycles. The highest BCUT2D eigenvalue weighted by atomic mass is 28.1. The second kappa shape index (κ2) is 1.13. The first-order chi connectivity index (χ1) is 2.00. The molecule has 0 unspecified atom stereocenters. The molecule has 1 heteroatoms. The van der Waals surface area contributed by atoms with Gasteiger partial charge in [-0.05, 0) is 5.04 Å². The molecule has 0 N–H and O–H groups in total. The van der Waals surface area contributed by atoms with Gasteiger partial charge < -0.3 is 0 Å². The zero-order valence-electron chi connectivity index (χ0n) is 4.00. The standard InChI is InChI=1S/C4H9Si/c1-4(2,3)5/h1-3H3. The molecule has 0 saturated carbocycles. The Morgan fingerprint density at radius 3 is 1.20 bits per heavy atom. The summed E-state index contributed by atoms with van der Waals surface area (Å²) in [6, 6.07) is 0. The lowest BCUT2D eigenvalue weighted by Gasteiger charge is -2.04. The first kappa shape index (κ1) is 5.22. The maximum absolute atomic E-state index is 3.42. The van der Waals surface area contributed by atoms with Crippen molar-refractivity contribution in [1.29, 1.82) is 0 Å². The van der Waals surface area contributed by atoms with E-state index in [0.717, 1.165) is 0 Å². The van der Waals surface area contributed by atoms with Gasteiger partial charge >= 0.3 is 0 Å². The summed E-state index contributed by atoms with van der Waals surface area (Å²) >= 11 is 0. The van der Waals surface area contributed by atoms with Crippen molar-refractivity contribution < 1.29 is 0 Å². The fourth-order valence-electron chi connectivity index (χ4n) is 0. The van der Waals surface area contributed by atoms with Crippen molar-refractivity contribution in [2.45, 2.75) is 25.8 Å². The van der Waals surface area contributed by atoms with E-state index < -0.39 is 0 Å². The summed E-state index contributed by atoms with van der Waals surface area (Å²) in [5, 5.41) is 0.306. The van der Waals surface area contributed by atoms with Gasteiger partial charge in [0.1, 0.15) is 0 Å². The van der Waals surface area contributed by atoms with E-state index in [-0.39, 0.29) is 0 Å². The van der Waals surface area contributed by atoms with Crippen molar-refractivity contribution in [3.05, 3.63) is 0 Å². The van der Waals surface area contributed by atoms with E-state index in [1.54, 1.807) is 0 Å². The van der Waals surface area contributed by atoms with Crippen molar-refractivity contribution in [3.8, 4) is 0 Å². The molecule has 29 valence electrons. The average molecular weight is 85.2 g/mol. The van der Waals surface area contributed by atoms with Crippen LogP contribution < -0.4 is 0 Å². The molecule has 3 radical (unpaired) electrons. The summed E-state index contributed by atoms with van der Waals surface area (Å²) in [7, 11) is 3.42. The highest BCUT2D eigenvalue weighted by molar-refractivity contribution is 6.14. The van der Waals surface area contributed by atoms with Crippen LogP contribution in [0.3, 0.4) is 0 Å². The molecule has 0 aliphatic carbocycles. The van der Waals surface area contributed by atoms with Crippen molar-refractivity contribution in [2.75, 3.05) is 0 Å². The molecule has 0 nitrogen and oxygen atoms in total. The van der Waals surface area contributed by atoms with Crippen LogP contribution in [0.5, 0.6) is 0 Å². The number of hydrogen-bond acceptors (Lipinski definition) is 0. The van der Waals surface area contributed by atoms with Crippen molar-refractivity contribution in [1.82, 2.24) is 0 Å². The van der Waals surface area contributed by atoms with Crippen molar-refractivity contribution >= 4 is 10.2 Å². The summed E-state index contributed by atoms with van der Waals surface area (Å²) in [6.07, 6.45) is 0. The van der Waals surface area contributed by atoms with Gasteiger partial charge in [-0.15, -0.1) is 0 Å². The topological polar surface area (TPSA) is 0 Å². The molecule has 0 spiro atoms. The van der Waals surface area contributed by atoms with Gasteiger partial charge in [0, 0.05) is 10.2 Å².